The summed E-state index contributed by atoms with van der Waals surface area (Å²) in [5, 5.41) is 0. The number of benzene rings is 1. The smallest absolute Gasteiger partial charge is 0.269 e. The average Bonchev–Trinajstić information content (AvgIpc) is 3.04. The number of amides is 1. The van der Waals surface area contributed by atoms with Crippen LogP contribution in [0, 0.1) is 6.92 Å². The lowest BCUT2D eigenvalue weighted by Crippen LogP contribution is -2.32. The van der Waals surface area contributed by atoms with Gasteiger partial charge >= 0.3 is 0 Å². The number of imidazole rings is 1. The highest BCUT2D eigenvalue weighted by atomic mass is 32.2. The third-order valence-corrected chi connectivity index (χ3v) is 6.19. The number of rotatable bonds is 3. The molecule has 0 spiro atoms. The minimum atomic E-state index is -3.78. The third kappa shape index (κ3) is 2.12. The number of aromatic nitrogens is 2. The van der Waals surface area contributed by atoms with Crippen molar-refractivity contribution in [3.63, 3.8) is 0 Å². The molecule has 0 saturated heterocycles. The summed E-state index contributed by atoms with van der Waals surface area (Å²) in [6.07, 6.45) is 4.10. The van der Waals surface area contributed by atoms with Gasteiger partial charge in [0.25, 0.3) is 15.9 Å². The van der Waals surface area contributed by atoms with Crippen molar-refractivity contribution in [2.75, 3.05) is 6.54 Å². The quantitative estimate of drug-likeness (QED) is 0.731. The zero-order valence-electron chi connectivity index (χ0n) is 13.0. The van der Waals surface area contributed by atoms with Crippen LogP contribution in [-0.2, 0) is 16.4 Å². The zero-order valence-corrected chi connectivity index (χ0v) is 13.8. The normalized spacial score (nSPS) is 15.9. The van der Waals surface area contributed by atoms with Crippen molar-refractivity contribution < 1.29 is 13.2 Å². The van der Waals surface area contributed by atoms with Crippen LogP contribution in [0.15, 0.2) is 53.7 Å². The molecule has 4 rings (SSSR count). The molecule has 1 amide bonds. The van der Waals surface area contributed by atoms with E-state index in [1.807, 2.05) is 35.0 Å². The van der Waals surface area contributed by atoms with E-state index in [1.54, 1.807) is 25.1 Å². The van der Waals surface area contributed by atoms with E-state index in [9.17, 15) is 13.2 Å². The van der Waals surface area contributed by atoms with E-state index in [0.29, 0.717) is 12.0 Å². The van der Waals surface area contributed by atoms with E-state index in [1.165, 1.54) is 0 Å². The number of fused-ring (bicyclic) bond motifs is 2. The molecule has 0 radical (unpaired) electrons. The van der Waals surface area contributed by atoms with Crippen LogP contribution >= 0.6 is 0 Å². The summed E-state index contributed by atoms with van der Waals surface area (Å²) in [6, 6.07) is 10.6. The maximum atomic E-state index is 12.7. The van der Waals surface area contributed by atoms with Crippen molar-refractivity contribution in [3.05, 3.63) is 65.6 Å². The van der Waals surface area contributed by atoms with E-state index in [-0.39, 0.29) is 17.0 Å². The standard InChI is InChI=1S/C17H15N3O3S/c1-12-5-4-6-14-16(12)24(22,23)20(17(14)21)10-8-13-11-19-9-3-2-7-15(19)18-13/h2-7,9,11H,8,10H2,1H3. The van der Waals surface area contributed by atoms with Crippen LogP contribution in [0.2, 0.25) is 0 Å². The van der Waals surface area contributed by atoms with E-state index in [4.69, 9.17) is 0 Å². The number of aryl methyl sites for hydroxylation is 1. The fourth-order valence-electron chi connectivity index (χ4n) is 3.06. The highest BCUT2D eigenvalue weighted by Gasteiger charge is 2.41. The van der Waals surface area contributed by atoms with Gasteiger partial charge in [0, 0.05) is 25.4 Å². The molecule has 0 fully saturated rings. The first-order valence-electron chi connectivity index (χ1n) is 7.58. The average molecular weight is 341 g/mol. The summed E-state index contributed by atoms with van der Waals surface area (Å²) < 4.78 is 28.2. The number of hydrogen-bond donors (Lipinski definition) is 0. The molecule has 0 bridgehead atoms. The van der Waals surface area contributed by atoms with Crippen molar-refractivity contribution in [2.24, 2.45) is 0 Å². The predicted molar refractivity (Wildman–Crippen MR) is 88.3 cm³/mol. The minimum absolute atomic E-state index is 0.0825. The molecule has 7 heteroatoms. The third-order valence-electron chi connectivity index (χ3n) is 4.20. The number of carbonyl (C=O) groups is 1. The van der Waals surface area contributed by atoms with Crippen molar-refractivity contribution in [2.45, 2.75) is 18.2 Å². The highest BCUT2D eigenvalue weighted by Crippen LogP contribution is 2.32. The van der Waals surface area contributed by atoms with Crippen molar-refractivity contribution in [1.82, 2.24) is 13.7 Å². The number of sulfonamides is 1. The molecule has 2 aromatic heterocycles. The Balaban J connectivity index is 1.64. The Morgan fingerprint density at radius 2 is 1.96 bits per heavy atom. The minimum Gasteiger partial charge on any atom is -0.307 e. The van der Waals surface area contributed by atoms with E-state index in [0.717, 1.165) is 15.6 Å². The van der Waals surface area contributed by atoms with Gasteiger partial charge in [-0.2, -0.15) is 0 Å². The maximum Gasteiger partial charge on any atom is 0.269 e. The molecule has 122 valence electrons. The number of hydrogen-bond acceptors (Lipinski definition) is 4. The summed E-state index contributed by atoms with van der Waals surface area (Å²) in [5.41, 5.74) is 2.39. The second kappa shape index (κ2) is 5.17. The zero-order chi connectivity index (χ0) is 16.9. The molecule has 0 N–H and O–H groups in total. The van der Waals surface area contributed by atoms with Crippen LogP contribution in [0.5, 0.6) is 0 Å². The van der Waals surface area contributed by atoms with Gasteiger partial charge in [-0.25, -0.2) is 17.7 Å². The van der Waals surface area contributed by atoms with Crippen LogP contribution in [-0.4, -0.2) is 34.6 Å². The van der Waals surface area contributed by atoms with Gasteiger partial charge < -0.3 is 4.40 Å². The first kappa shape index (κ1) is 14.9. The molecule has 6 nitrogen and oxygen atoms in total. The number of nitrogens with zero attached hydrogens (tertiary/aromatic N) is 3. The Kier molecular flexibility index (Phi) is 3.21. The van der Waals surface area contributed by atoms with Gasteiger partial charge in [0.15, 0.2) is 0 Å². The molecular formula is C17H15N3O3S. The highest BCUT2D eigenvalue weighted by molar-refractivity contribution is 7.90. The predicted octanol–water partition coefficient (Wildman–Crippen LogP) is 2.03. The second-order valence-corrected chi connectivity index (χ2v) is 7.58. The molecule has 24 heavy (non-hydrogen) atoms. The molecule has 1 aliphatic heterocycles. The molecule has 3 aromatic rings. The lowest BCUT2D eigenvalue weighted by molar-refractivity contribution is 0.0872. The number of pyridine rings is 1. The van der Waals surface area contributed by atoms with Gasteiger partial charge in [0.2, 0.25) is 0 Å². The summed E-state index contributed by atoms with van der Waals surface area (Å²) in [6.45, 7) is 1.79. The summed E-state index contributed by atoms with van der Waals surface area (Å²) in [4.78, 5) is 17.1. The van der Waals surface area contributed by atoms with Crippen LogP contribution < -0.4 is 0 Å². The van der Waals surface area contributed by atoms with E-state index >= 15 is 0 Å². The van der Waals surface area contributed by atoms with Crippen LogP contribution in [0.25, 0.3) is 5.65 Å². The Morgan fingerprint density at radius 3 is 2.71 bits per heavy atom. The fourth-order valence-corrected chi connectivity index (χ4v) is 4.84. The first-order chi connectivity index (χ1) is 11.5. The van der Waals surface area contributed by atoms with Gasteiger partial charge in [0.05, 0.1) is 11.3 Å². The Labute approximate surface area is 139 Å². The maximum absolute atomic E-state index is 12.7. The molecule has 3 heterocycles. The van der Waals surface area contributed by atoms with Gasteiger partial charge in [-0.05, 0) is 30.7 Å². The monoisotopic (exact) mass is 341 g/mol. The van der Waals surface area contributed by atoms with E-state index in [2.05, 4.69) is 4.98 Å². The summed E-state index contributed by atoms with van der Waals surface area (Å²) in [5.74, 6) is -0.461. The molecule has 0 atom stereocenters. The molecule has 1 aliphatic rings. The van der Waals surface area contributed by atoms with Gasteiger partial charge in [0.1, 0.15) is 10.5 Å². The lowest BCUT2D eigenvalue weighted by atomic mass is 10.1. The molecule has 0 unspecified atom stereocenters. The van der Waals surface area contributed by atoms with Crippen molar-refractivity contribution >= 4 is 21.6 Å². The van der Waals surface area contributed by atoms with Gasteiger partial charge in [-0.3, -0.25) is 4.79 Å². The molecule has 0 saturated carbocycles. The summed E-state index contributed by atoms with van der Waals surface area (Å²) >= 11 is 0. The SMILES string of the molecule is Cc1cccc2c1S(=O)(=O)N(CCc1cn3ccccc3n1)C2=O. The fraction of sp³-hybridized carbons (Fsp3) is 0.176. The largest absolute Gasteiger partial charge is 0.307 e. The van der Waals surface area contributed by atoms with Crippen LogP contribution in [0.3, 0.4) is 0 Å². The summed E-state index contributed by atoms with van der Waals surface area (Å²) in [7, 11) is -3.78. The first-order valence-corrected chi connectivity index (χ1v) is 9.02. The van der Waals surface area contributed by atoms with E-state index < -0.39 is 15.9 Å². The van der Waals surface area contributed by atoms with Crippen LogP contribution in [0.4, 0.5) is 0 Å². The van der Waals surface area contributed by atoms with Crippen LogP contribution in [0.1, 0.15) is 21.6 Å². The lowest BCUT2D eigenvalue weighted by Gasteiger charge is -2.14. The van der Waals surface area contributed by atoms with Crippen molar-refractivity contribution in [3.8, 4) is 0 Å². The molecular weight excluding hydrogens is 326 g/mol. The molecule has 1 aromatic carbocycles. The van der Waals surface area contributed by atoms with Gasteiger partial charge in [-0.15, -0.1) is 0 Å². The van der Waals surface area contributed by atoms with Crippen molar-refractivity contribution in [1.29, 1.82) is 0 Å². The Bertz CT molecular complexity index is 1040. The topological polar surface area (TPSA) is 71.8 Å². The Morgan fingerprint density at radius 1 is 1.12 bits per heavy atom. The molecule has 0 aliphatic carbocycles. The second-order valence-electron chi connectivity index (χ2n) is 5.78. The van der Waals surface area contributed by atoms with Gasteiger partial charge in [-0.1, -0.05) is 18.2 Å². The Hall–Kier alpha value is -2.67. The number of carbonyl (C=O) groups excluding carboxylic acids is 1.